The Hall–Kier alpha value is -2.95. The van der Waals surface area contributed by atoms with Gasteiger partial charge in [0.1, 0.15) is 17.1 Å². The zero-order valence-electron chi connectivity index (χ0n) is 16.4. The Morgan fingerprint density at radius 2 is 1.97 bits per heavy atom. The molecule has 2 aromatic rings. The topological polar surface area (TPSA) is 98.3 Å². The van der Waals surface area contributed by atoms with E-state index in [9.17, 15) is 18.0 Å². The molecular formula is C19H22F3N5O3. The summed E-state index contributed by atoms with van der Waals surface area (Å²) in [4.78, 5) is 24.7. The van der Waals surface area contributed by atoms with E-state index in [-0.39, 0.29) is 41.3 Å². The van der Waals surface area contributed by atoms with Crippen LogP contribution in [0, 0.1) is 0 Å². The maximum atomic E-state index is 12.6. The molecule has 30 heavy (non-hydrogen) atoms. The second-order valence-corrected chi connectivity index (χ2v) is 7.07. The highest BCUT2D eigenvalue weighted by Crippen LogP contribution is 2.26. The summed E-state index contributed by atoms with van der Waals surface area (Å²) in [7, 11) is 0. The van der Waals surface area contributed by atoms with Gasteiger partial charge in [0.2, 0.25) is 5.95 Å². The van der Waals surface area contributed by atoms with Crippen molar-refractivity contribution in [2.24, 2.45) is 0 Å². The van der Waals surface area contributed by atoms with Crippen LogP contribution in [0.3, 0.4) is 0 Å². The highest BCUT2D eigenvalue weighted by atomic mass is 19.4. The summed E-state index contributed by atoms with van der Waals surface area (Å²) in [6.45, 7) is 2.49. The third kappa shape index (κ3) is 6.28. The fourth-order valence-corrected chi connectivity index (χ4v) is 3.21. The van der Waals surface area contributed by atoms with Crippen LogP contribution in [0.5, 0.6) is 5.75 Å². The number of nitrogens with zero attached hydrogens (tertiary/aromatic N) is 3. The molecule has 3 rings (SSSR count). The maximum absolute atomic E-state index is 12.6. The average Bonchev–Trinajstić information content (AvgIpc) is 2.66. The van der Waals surface area contributed by atoms with Gasteiger partial charge in [0.25, 0.3) is 5.91 Å². The lowest BCUT2D eigenvalue weighted by Crippen LogP contribution is -2.37. The predicted molar refractivity (Wildman–Crippen MR) is 102 cm³/mol. The summed E-state index contributed by atoms with van der Waals surface area (Å²) in [5, 5.41) is 5.68. The fraction of sp³-hybridized carbons (Fsp3) is 0.474. The van der Waals surface area contributed by atoms with Gasteiger partial charge < -0.3 is 20.1 Å². The second-order valence-electron chi connectivity index (χ2n) is 7.07. The maximum Gasteiger partial charge on any atom is 0.422 e. The van der Waals surface area contributed by atoms with E-state index in [1.165, 1.54) is 30.7 Å². The van der Waals surface area contributed by atoms with Gasteiger partial charge in [-0.05, 0) is 32.8 Å². The number of aromatic nitrogens is 3. The number of halogens is 3. The van der Waals surface area contributed by atoms with E-state index >= 15 is 0 Å². The summed E-state index contributed by atoms with van der Waals surface area (Å²) in [5.74, 6) is -0.485. The third-order valence-electron chi connectivity index (χ3n) is 4.34. The van der Waals surface area contributed by atoms with E-state index in [4.69, 9.17) is 9.47 Å². The lowest BCUT2D eigenvalue weighted by Gasteiger charge is -2.32. The normalized spacial score (nSPS) is 21.7. The third-order valence-corrected chi connectivity index (χ3v) is 4.34. The van der Waals surface area contributed by atoms with Gasteiger partial charge in [0.05, 0.1) is 18.4 Å². The zero-order valence-corrected chi connectivity index (χ0v) is 16.4. The van der Waals surface area contributed by atoms with Gasteiger partial charge in [-0.25, -0.2) is 9.97 Å². The molecule has 0 saturated carbocycles. The molecule has 1 amide bonds. The summed E-state index contributed by atoms with van der Waals surface area (Å²) in [5.41, 5.74) is 0.0539. The fourth-order valence-electron chi connectivity index (χ4n) is 3.21. The highest BCUT2D eigenvalue weighted by Gasteiger charge is 2.29. The van der Waals surface area contributed by atoms with Gasteiger partial charge >= 0.3 is 6.18 Å². The van der Waals surface area contributed by atoms with Crippen LogP contribution in [0.4, 0.5) is 24.8 Å². The Morgan fingerprint density at radius 1 is 1.23 bits per heavy atom. The van der Waals surface area contributed by atoms with E-state index in [0.29, 0.717) is 0 Å². The minimum absolute atomic E-state index is 0.00644. The molecule has 2 unspecified atom stereocenters. The number of ether oxygens (including phenoxy) is 2. The number of nitrogens with one attached hydrogen (secondary N) is 2. The van der Waals surface area contributed by atoms with Gasteiger partial charge in [-0.15, -0.1) is 0 Å². The molecule has 2 N–H and O–H groups in total. The van der Waals surface area contributed by atoms with Crippen LogP contribution < -0.4 is 15.4 Å². The minimum Gasteiger partial charge on any atom is -0.482 e. The smallest absolute Gasteiger partial charge is 0.422 e. The zero-order chi connectivity index (χ0) is 21.7. The van der Waals surface area contributed by atoms with Crippen LogP contribution >= 0.6 is 0 Å². The largest absolute Gasteiger partial charge is 0.482 e. The molecule has 1 saturated heterocycles. The molecule has 0 aromatic carbocycles. The molecule has 3 heterocycles. The summed E-state index contributed by atoms with van der Waals surface area (Å²) in [6, 6.07) is 2.74. The molecule has 0 bridgehead atoms. The van der Waals surface area contributed by atoms with Crippen molar-refractivity contribution in [3.8, 4) is 5.75 Å². The van der Waals surface area contributed by atoms with Crippen molar-refractivity contribution in [1.82, 2.24) is 15.0 Å². The van der Waals surface area contributed by atoms with Crippen molar-refractivity contribution in [2.75, 3.05) is 17.2 Å². The summed E-state index contributed by atoms with van der Waals surface area (Å²) in [6.07, 6.45) is 1.15. The Kier molecular flexibility index (Phi) is 6.70. The van der Waals surface area contributed by atoms with E-state index in [1.54, 1.807) is 0 Å². The van der Waals surface area contributed by atoms with Gasteiger partial charge in [0, 0.05) is 24.5 Å². The number of pyridine rings is 1. The summed E-state index contributed by atoms with van der Waals surface area (Å²) < 4.78 is 47.7. The van der Waals surface area contributed by atoms with Crippen molar-refractivity contribution in [2.45, 2.75) is 51.1 Å². The number of alkyl halides is 3. The first-order valence-corrected chi connectivity index (χ1v) is 9.39. The lowest BCUT2D eigenvalue weighted by atomic mass is 10.0. The molecule has 0 radical (unpaired) electrons. The van der Waals surface area contributed by atoms with Crippen molar-refractivity contribution >= 4 is 17.5 Å². The van der Waals surface area contributed by atoms with E-state index in [2.05, 4.69) is 25.6 Å². The van der Waals surface area contributed by atoms with E-state index < -0.39 is 18.7 Å². The number of anilines is 2. The molecule has 1 aliphatic rings. The molecule has 0 aliphatic carbocycles. The Labute approximate surface area is 171 Å². The predicted octanol–water partition coefficient (Wildman–Crippen LogP) is 3.43. The number of rotatable bonds is 6. The van der Waals surface area contributed by atoms with Crippen molar-refractivity contribution < 1.29 is 27.4 Å². The first-order valence-electron chi connectivity index (χ1n) is 9.39. The van der Waals surface area contributed by atoms with Crippen LogP contribution in [0.2, 0.25) is 0 Å². The highest BCUT2D eigenvalue weighted by molar-refractivity contribution is 6.03. The first-order chi connectivity index (χ1) is 14.2. The van der Waals surface area contributed by atoms with Gasteiger partial charge in [-0.3, -0.25) is 9.78 Å². The number of hydrogen-bond donors (Lipinski definition) is 2. The first kappa shape index (κ1) is 21.8. The Balaban J connectivity index is 1.67. The Morgan fingerprint density at radius 3 is 2.67 bits per heavy atom. The second kappa shape index (κ2) is 9.24. The number of amides is 1. The molecule has 11 heteroatoms. The molecular weight excluding hydrogens is 403 g/mol. The van der Waals surface area contributed by atoms with E-state index in [0.717, 1.165) is 12.8 Å². The summed E-state index contributed by atoms with van der Waals surface area (Å²) >= 11 is 0. The minimum atomic E-state index is -4.50. The van der Waals surface area contributed by atoms with Gasteiger partial charge in [-0.1, -0.05) is 0 Å². The van der Waals surface area contributed by atoms with Crippen molar-refractivity contribution in [3.63, 3.8) is 0 Å². The molecule has 0 spiro atoms. The van der Waals surface area contributed by atoms with E-state index in [1.807, 2.05) is 13.8 Å². The van der Waals surface area contributed by atoms with Crippen molar-refractivity contribution in [3.05, 3.63) is 36.4 Å². The van der Waals surface area contributed by atoms with Crippen LogP contribution in [0.1, 0.15) is 37.2 Å². The lowest BCUT2D eigenvalue weighted by molar-refractivity contribution is -0.153. The number of carbonyl (C=O) groups excluding carboxylic acids is 1. The van der Waals surface area contributed by atoms with Crippen molar-refractivity contribution in [1.29, 1.82) is 0 Å². The standard InChI is InChI=1S/C19H22F3N5O3/c1-11-7-13(8-12(2)30-11)25-18-24-6-3-14(27-18)17(28)26-15-9-23-5-4-16(15)29-10-19(20,21)22/h3-6,9,11-13H,7-8,10H2,1-2H3,(H,26,28)(H,24,25,27). The molecule has 2 aromatic heterocycles. The molecule has 1 fully saturated rings. The van der Waals surface area contributed by atoms with Crippen LogP contribution in [0.25, 0.3) is 0 Å². The average molecular weight is 425 g/mol. The van der Waals surface area contributed by atoms with Crippen LogP contribution in [-0.2, 0) is 4.74 Å². The molecule has 162 valence electrons. The Bertz CT molecular complexity index is 870. The van der Waals surface area contributed by atoms with Crippen LogP contribution in [0.15, 0.2) is 30.7 Å². The van der Waals surface area contributed by atoms with Gasteiger partial charge in [-0.2, -0.15) is 13.2 Å². The molecule has 2 atom stereocenters. The number of carbonyl (C=O) groups is 1. The van der Waals surface area contributed by atoms with Gasteiger partial charge in [0.15, 0.2) is 6.61 Å². The molecule has 1 aliphatic heterocycles. The monoisotopic (exact) mass is 425 g/mol. The SMILES string of the molecule is CC1CC(Nc2nccc(C(=O)Nc3cnccc3OCC(F)(F)F)n2)CC(C)O1. The molecule has 8 nitrogen and oxygen atoms in total. The van der Waals surface area contributed by atoms with Crippen LogP contribution in [-0.4, -0.2) is 51.9 Å². The number of hydrogen-bond acceptors (Lipinski definition) is 7. The quantitative estimate of drug-likeness (QED) is 0.732.